The van der Waals surface area contributed by atoms with E-state index in [0.717, 1.165) is 4.57 Å². The Morgan fingerprint density at radius 3 is 2.67 bits per heavy atom. The van der Waals surface area contributed by atoms with E-state index in [4.69, 9.17) is 4.74 Å². The van der Waals surface area contributed by atoms with Gasteiger partial charge in [-0.05, 0) is 13.0 Å². The first-order valence-corrected chi connectivity index (χ1v) is 6.24. The van der Waals surface area contributed by atoms with E-state index in [0.29, 0.717) is 5.69 Å². The molecule has 0 saturated carbocycles. The summed E-state index contributed by atoms with van der Waals surface area (Å²) in [6.45, 7) is 5.15. The maximum Gasteiger partial charge on any atom is 0.340 e. The Kier molecular flexibility index (Phi) is 3.75. The van der Waals surface area contributed by atoms with E-state index in [2.05, 4.69) is 11.6 Å². The highest BCUT2D eigenvalue weighted by Crippen LogP contribution is 2.13. The number of fused-ring (bicyclic) bond motifs is 1. The highest BCUT2D eigenvalue weighted by atomic mass is 16.5. The molecule has 0 fully saturated rings. The number of aryl methyl sites for hydroxylation is 2. The molecule has 0 aromatic carbocycles. The fourth-order valence-electron chi connectivity index (χ4n) is 2.01. The van der Waals surface area contributed by atoms with E-state index in [1.165, 1.54) is 30.8 Å². The molecule has 0 unspecified atom stereocenters. The van der Waals surface area contributed by atoms with E-state index >= 15 is 0 Å². The third-order valence-corrected chi connectivity index (χ3v) is 3.17. The number of aromatic nitrogens is 3. The Morgan fingerprint density at radius 1 is 1.38 bits per heavy atom. The van der Waals surface area contributed by atoms with Crippen LogP contribution in [0, 0.1) is 6.92 Å². The summed E-state index contributed by atoms with van der Waals surface area (Å²) in [6.07, 6.45) is 1.45. The van der Waals surface area contributed by atoms with Crippen molar-refractivity contribution in [1.29, 1.82) is 0 Å². The summed E-state index contributed by atoms with van der Waals surface area (Å²) in [5.41, 5.74) is -0.152. The van der Waals surface area contributed by atoms with Crippen molar-refractivity contribution in [1.82, 2.24) is 14.1 Å². The van der Waals surface area contributed by atoms with Gasteiger partial charge in [0.25, 0.3) is 5.56 Å². The molecule has 0 N–H and O–H groups in total. The van der Waals surface area contributed by atoms with Gasteiger partial charge in [0.1, 0.15) is 12.3 Å². The molecule has 0 saturated heterocycles. The summed E-state index contributed by atoms with van der Waals surface area (Å²) in [5, 5.41) is 0.191. The van der Waals surface area contributed by atoms with Gasteiger partial charge in [-0.15, -0.1) is 0 Å². The number of nitrogens with zero attached hydrogens (tertiary/aromatic N) is 3. The molecule has 2 aromatic heterocycles. The maximum absolute atomic E-state index is 12.1. The van der Waals surface area contributed by atoms with Gasteiger partial charge in [-0.2, -0.15) is 0 Å². The second-order valence-corrected chi connectivity index (χ2v) is 4.59. The van der Waals surface area contributed by atoms with Gasteiger partial charge in [-0.1, -0.05) is 12.7 Å². The van der Waals surface area contributed by atoms with E-state index in [-0.39, 0.29) is 23.2 Å². The number of carbonyl (C=O) groups is 1. The van der Waals surface area contributed by atoms with Crippen molar-refractivity contribution in [3.63, 3.8) is 0 Å². The molecule has 0 aliphatic heterocycles. The van der Waals surface area contributed by atoms with Crippen molar-refractivity contribution >= 4 is 17.0 Å². The second-order valence-electron chi connectivity index (χ2n) is 4.59. The van der Waals surface area contributed by atoms with Gasteiger partial charge < -0.3 is 4.74 Å². The zero-order chi connectivity index (χ0) is 15.7. The third kappa shape index (κ3) is 2.37. The molecule has 0 aliphatic rings. The zero-order valence-electron chi connectivity index (χ0n) is 12.0. The lowest BCUT2D eigenvalue weighted by Crippen LogP contribution is -2.37. The largest absolute Gasteiger partial charge is 0.458 e. The van der Waals surface area contributed by atoms with Gasteiger partial charge in [-0.3, -0.25) is 13.9 Å². The Bertz CT molecular complexity index is 861. The van der Waals surface area contributed by atoms with Crippen LogP contribution in [0.4, 0.5) is 0 Å². The highest BCUT2D eigenvalue weighted by Gasteiger charge is 2.17. The molecule has 0 radical (unpaired) electrons. The summed E-state index contributed by atoms with van der Waals surface area (Å²) >= 11 is 0. The van der Waals surface area contributed by atoms with Crippen LogP contribution < -0.4 is 11.2 Å². The van der Waals surface area contributed by atoms with Crippen LogP contribution in [0.1, 0.15) is 16.1 Å². The van der Waals surface area contributed by atoms with Crippen molar-refractivity contribution in [2.45, 2.75) is 6.92 Å². The van der Waals surface area contributed by atoms with Gasteiger partial charge >= 0.3 is 11.7 Å². The van der Waals surface area contributed by atoms with Crippen LogP contribution in [0.3, 0.4) is 0 Å². The molecule has 0 atom stereocenters. The van der Waals surface area contributed by atoms with Gasteiger partial charge in [0.05, 0.1) is 16.6 Å². The number of hydrogen-bond donors (Lipinski definition) is 0. The molecular weight excluding hydrogens is 274 g/mol. The maximum atomic E-state index is 12.1. The number of rotatable bonds is 3. The van der Waals surface area contributed by atoms with E-state index < -0.39 is 17.2 Å². The number of carbonyl (C=O) groups excluding carboxylic acids is 1. The molecule has 0 spiro atoms. The first-order chi connectivity index (χ1) is 9.88. The Labute approximate surface area is 120 Å². The number of pyridine rings is 1. The summed E-state index contributed by atoms with van der Waals surface area (Å²) in [4.78, 5) is 40.1. The Hall–Kier alpha value is -2.70. The van der Waals surface area contributed by atoms with E-state index in [1.54, 1.807) is 6.92 Å². The normalized spacial score (nSPS) is 10.6. The minimum Gasteiger partial charge on any atom is -0.458 e. The Morgan fingerprint density at radius 2 is 2.05 bits per heavy atom. The minimum absolute atomic E-state index is 0.0710. The van der Waals surface area contributed by atoms with Crippen LogP contribution in [0.5, 0.6) is 0 Å². The molecule has 110 valence electrons. The van der Waals surface area contributed by atoms with E-state index in [1.807, 2.05) is 0 Å². The summed E-state index contributed by atoms with van der Waals surface area (Å²) in [7, 11) is 2.89. The summed E-state index contributed by atoms with van der Waals surface area (Å²) < 4.78 is 7.19. The van der Waals surface area contributed by atoms with Crippen LogP contribution in [-0.4, -0.2) is 26.7 Å². The van der Waals surface area contributed by atoms with Gasteiger partial charge in [0.15, 0.2) is 0 Å². The number of ether oxygens (including phenoxy) is 1. The summed E-state index contributed by atoms with van der Waals surface area (Å²) in [5.74, 6) is -0.585. The van der Waals surface area contributed by atoms with Crippen LogP contribution in [-0.2, 0) is 18.8 Å². The third-order valence-electron chi connectivity index (χ3n) is 3.17. The van der Waals surface area contributed by atoms with E-state index in [9.17, 15) is 14.4 Å². The lowest BCUT2D eigenvalue weighted by atomic mass is 10.1. The lowest BCUT2D eigenvalue weighted by Gasteiger charge is -2.10. The topological polar surface area (TPSA) is 83.2 Å². The molecule has 2 heterocycles. The molecule has 7 nitrogen and oxygen atoms in total. The van der Waals surface area contributed by atoms with Crippen LogP contribution in [0.2, 0.25) is 0 Å². The van der Waals surface area contributed by atoms with Crippen molar-refractivity contribution in [3.8, 4) is 0 Å². The van der Waals surface area contributed by atoms with Crippen LogP contribution in [0.15, 0.2) is 28.3 Å². The molecule has 2 rings (SSSR count). The first kappa shape index (κ1) is 14.7. The number of esters is 1. The predicted molar refractivity (Wildman–Crippen MR) is 77.4 cm³/mol. The molecule has 0 bridgehead atoms. The van der Waals surface area contributed by atoms with Gasteiger partial charge in [-0.25, -0.2) is 14.6 Å². The van der Waals surface area contributed by atoms with Crippen molar-refractivity contribution in [2.24, 2.45) is 14.1 Å². The fraction of sp³-hybridized carbons (Fsp3) is 0.286. The molecule has 21 heavy (non-hydrogen) atoms. The molecule has 7 heteroatoms. The first-order valence-electron chi connectivity index (χ1n) is 6.24. The standard InChI is InChI=1S/C14H15N3O4/c1-5-6-21-13(19)9-7-10-11(15-8(9)2)16(3)14(20)17(4)12(10)18/h5,7H,1,6H2,2-4H3. The average Bonchev–Trinajstić information content (AvgIpc) is 2.48. The van der Waals surface area contributed by atoms with Crippen LogP contribution >= 0.6 is 0 Å². The summed E-state index contributed by atoms with van der Waals surface area (Å²) in [6, 6.07) is 1.41. The van der Waals surface area contributed by atoms with Crippen molar-refractivity contribution in [3.05, 3.63) is 50.8 Å². The molecule has 0 aliphatic carbocycles. The minimum atomic E-state index is -0.585. The molecule has 2 aromatic rings. The predicted octanol–water partition coefficient (Wildman–Crippen LogP) is 0.283. The lowest BCUT2D eigenvalue weighted by molar-refractivity contribution is 0.0548. The van der Waals surface area contributed by atoms with Crippen LogP contribution in [0.25, 0.3) is 11.0 Å². The SMILES string of the molecule is C=CCOC(=O)c1cc2c(=O)n(C)c(=O)n(C)c2nc1C. The van der Waals surface area contributed by atoms with Gasteiger partial charge in [0.2, 0.25) is 0 Å². The second kappa shape index (κ2) is 5.35. The highest BCUT2D eigenvalue weighted by molar-refractivity contribution is 5.94. The number of hydrogen-bond acceptors (Lipinski definition) is 5. The van der Waals surface area contributed by atoms with Crippen molar-refractivity contribution in [2.75, 3.05) is 6.61 Å². The molecular formula is C14H15N3O4. The quantitative estimate of drug-likeness (QED) is 0.599. The monoisotopic (exact) mass is 289 g/mol. The van der Waals surface area contributed by atoms with Gasteiger partial charge in [0, 0.05) is 14.1 Å². The van der Waals surface area contributed by atoms with Crippen molar-refractivity contribution < 1.29 is 9.53 Å². The Balaban J connectivity index is 2.76. The average molecular weight is 289 g/mol. The zero-order valence-corrected chi connectivity index (χ0v) is 12.0. The molecule has 0 amide bonds. The smallest absolute Gasteiger partial charge is 0.340 e. The fourth-order valence-corrected chi connectivity index (χ4v) is 2.01.